The van der Waals surface area contributed by atoms with Gasteiger partial charge in [-0.25, -0.2) is 0 Å². The van der Waals surface area contributed by atoms with Crippen LogP contribution in [0.15, 0.2) is 17.5 Å². The Labute approximate surface area is 93.9 Å². The molecule has 1 aromatic rings. The maximum absolute atomic E-state index is 11.2. The second kappa shape index (κ2) is 4.79. The van der Waals surface area contributed by atoms with Crippen LogP contribution in [0, 0.1) is 11.8 Å². The van der Waals surface area contributed by atoms with E-state index in [-0.39, 0.29) is 5.92 Å². The van der Waals surface area contributed by atoms with Crippen LogP contribution in [0.4, 0.5) is 0 Å². The molecule has 2 rings (SSSR count). The summed E-state index contributed by atoms with van der Waals surface area (Å²) in [4.78, 5) is 12.4. The summed E-state index contributed by atoms with van der Waals surface area (Å²) in [6.07, 6.45) is 5.33. The number of carboxylic acid groups (broad SMARTS) is 1. The molecule has 1 aliphatic carbocycles. The molecule has 82 valence electrons. The highest BCUT2D eigenvalue weighted by molar-refractivity contribution is 7.09. The maximum Gasteiger partial charge on any atom is 0.307 e. The van der Waals surface area contributed by atoms with Crippen molar-refractivity contribution in [1.82, 2.24) is 0 Å². The van der Waals surface area contributed by atoms with Gasteiger partial charge >= 0.3 is 5.97 Å². The molecule has 0 saturated heterocycles. The normalized spacial score (nSPS) is 19.2. The van der Waals surface area contributed by atoms with Crippen LogP contribution in [0.3, 0.4) is 0 Å². The van der Waals surface area contributed by atoms with Crippen molar-refractivity contribution < 1.29 is 9.90 Å². The highest BCUT2D eigenvalue weighted by Gasteiger charge is 2.30. The van der Waals surface area contributed by atoms with Crippen molar-refractivity contribution in [3.05, 3.63) is 22.4 Å². The second-order valence-electron chi connectivity index (χ2n) is 4.27. The highest BCUT2D eigenvalue weighted by Crippen LogP contribution is 2.34. The number of rotatable bonds is 4. The van der Waals surface area contributed by atoms with E-state index in [4.69, 9.17) is 0 Å². The Morgan fingerprint density at radius 1 is 1.53 bits per heavy atom. The Morgan fingerprint density at radius 2 is 2.27 bits per heavy atom. The number of hydrogen-bond acceptors (Lipinski definition) is 2. The first kappa shape index (κ1) is 10.7. The summed E-state index contributed by atoms with van der Waals surface area (Å²) in [5.41, 5.74) is 0. The lowest BCUT2D eigenvalue weighted by Gasteiger charge is -2.18. The first-order valence-electron chi connectivity index (χ1n) is 5.52. The summed E-state index contributed by atoms with van der Waals surface area (Å²) in [5.74, 6) is -0.369. The quantitative estimate of drug-likeness (QED) is 0.852. The Kier molecular flexibility index (Phi) is 3.41. The minimum absolute atomic E-state index is 0.161. The Morgan fingerprint density at radius 3 is 2.80 bits per heavy atom. The lowest BCUT2D eigenvalue weighted by Crippen LogP contribution is -2.23. The summed E-state index contributed by atoms with van der Waals surface area (Å²) in [6, 6.07) is 4.03. The summed E-state index contributed by atoms with van der Waals surface area (Å²) in [5, 5.41) is 11.3. The zero-order valence-electron chi connectivity index (χ0n) is 8.69. The fourth-order valence-corrected chi connectivity index (χ4v) is 3.23. The Hall–Kier alpha value is -0.830. The largest absolute Gasteiger partial charge is 0.481 e. The van der Waals surface area contributed by atoms with E-state index >= 15 is 0 Å². The summed E-state index contributed by atoms with van der Waals surface area (Å²) in [6.45, 7) is 0. The smallest absolute Gasteiger partial charge is 0.307 e. The van der Waals surface area contributed by atoms with Crippen LogP contribution in [0.25, 0.3) is 0 Å². The molecule has 0 radical (unpaired) electrons. The van der Waals surface area contributed by atoms with Gasteiger partial charge in [-0.1, -0.05) is 18.9 Å². The fourth-order valence-electron chi connectivity index (χ4n) is 2.46. The van der Waals surface area contributed by atoms with Gasteiger partial charge in [-0.3, -0.25) is 4.79 Å². The van der Waals surface area contributed by atoms with Crippen molar-refractivity contribution >= 4 is 17.3 Å². The molecule has 0 aromatic carbocycles. The topological polar surface area (TPSA) is 37.3 Å². The number of hydrogen-bond donors (Lipinski definition) is 1. The van der Waals surface area contributed by atoms with Gasteiger partial charge in [0.25, 0.3) is 0 Å². The predicted molar refractivity (Wildman–Crippen MR) is 61.1 cm³/mol. The number of aliphatic carboxylic acids is 1. The summed E-state index contributed by atoms with van der Waals surface area (Å²) in [7, 11) is 0. The molecular weight excluding hydrogens is 208 g/mol. The van der Waals surface area contributed by atoms with Crippen LogP contribution in [0.2, 0.25) is 0 Å². The third-order valence-electron chi connectivity index (χ3n) is 3.29. The van der Waals surface area contributed by atoms with E-state index < -0.39 is 5.97 Å². The van der Waals surface area contributed by atoms with Crippen LogP contribution in [0.1, 0.15) is 30.6 Å². The van der Waals surface area contributed by atoms with E-state index in [1.807, 2.05) is 17.5 Å². The van der Waals surface area contributed by atoms with Gasteiger partial charge in [-0.2, -0.15) is 0 Å². The zero-order chi connectivity index (χ0) is 10.7. The van der Waals surface area contributed by atoms with E-state index in [0.29, 0.717) is 5.92 Å². The Balaban J connectivity index is 2.03. The molecule has 1 aliphatic rings. The van der Waals surface area contributed by atoms with Crippen LogP contribution < -0.4 is 0 Å². The zero-order valence-corrected chi connectivity index (χ0v) is 9.50. The van der Waals surface area contributed by atoms with Crippen LogP contribution in [-0.4, -0.2) is 11.1 Å². The van der Waals surface area contributed by atoms with Gasteiger partial charge in [-0.05, 0) is 36.6 Å². The van der Waals surface area contributed by atoms with Gasteiger partial charge in [0.15, 0.2) is 0 Å². The molecule has 0 bridgehead atoms. The van der Waals surface area contributed by atoms with Crippen molar-refractivity contribution in [2.24, 2.45) is 11.8 Å². The lowest BCUT2D eigenvalue weighted by atomic mass is 9.88. The predicted octanol–water partition coefficient (Wildman–Crippen LogP) is 3.18. The molecular formula is C12H16O2S. The third-order valence-corrected chi connectivity index (χ3v) is 4.19. The number of carbonyl (C=O) groups is 1. The molecule has 1 unspecified atom stereocenters. The van der Waals surface area contributed by atoms with Crippen LogP contribution in [-0.2, 0) is 11.2 Å². The van der Waals surface area contributed by atoms with Crippen molar-refractivity contribution in [3.8, 4) is 0 Å². The number of carboxylic acids is 1. The highest BCUT2D eigenvalue weighted by atomic mass is 32.1. The van der Waals surface area contributed by atoms with Crippen molar-refractivity contribution in [3.63, 3.8) is 0 Å². The van der Waals surface area contributed by atoms with E-state index in [2.05, 4.69) is 0 Å². The van der Waals surface area contributed by atoms with E-state index in [1.165, 1.54) is 17.7 Å². The first-order valence-corrected chi connectivity index (χ1v) is 6.40. The lowest BCUT2D eigenvalue weighted by molar-refractivity contribution is -0.143. The van der Waals surface area contributed by atoms with Gasteiger partial charge in [0, 0.05) is 4.88 Å². The van der Waals surface area contributed by atoms with Gasteiger partial charge in [-0.15, -0.1) is 11.3 Å². The van der Waals surface area contributed by atoms with Gasteiger partial charge in [0.1, 0.15) is 0 Å². The molecule has 3 heteroatoms. The molecule has 2 nitrogen and oxygen atoms in total. The molecule has 1 fully saturated rings. The van der Waals surface area contributed by atoms with Gasteiger partial charge < -0.3 is 5.11 Å². The van der Waals surface area contributed by atoms with E-state index in [1.54, 1.807) is 11.3 Å². The van der Waals surface area contributed by atoms with Crippen LogP contribution in [0.5, 0.6) is 0 Å². The standard InChI is InChI=1S/C12H16O2S/c13-12(14)11(9-4-1-2-5-9)8-10-6-3-7-15-10/h3,6-7,9,11H,1-2,4-5,8H2,(H,13,14). The minimum atomic E-state index is -0.615. The summed E-state index contributed by atoms with van der Waals surface area (Å²) >= 11 is 1.66. The van der Waals surface area contributed by atoms with Gasteiger partial charge in [0.2, 0.25) is 0 Å². The van der Waals surface area contributed by atoms with E-state index in [9.17, 15) is 9.90 Å². The fraction of sp³-hybridized carbons (Fsp3) is 0.583. The molecule has 1 N–H and O–H groups in total. The minimum Gasteiger partial charge on any atom is -0.481 e. The molecule has 1 heterocycles. The van der Waals surface area contributed by atoms with Gasteiger partial charge in [0.05, 0.1) is 5.92 Å². The summed E-state index contributed by atoms with van der Waals surface area (Å²) < 4.78 is 0. The Bertz CT molecular complexity index is 312. The monoisotopic (exact) mass is 224 g/mol. The number of thiophene rings is 1. The maximum atomic E-state index is 11.2. The molecule has 0 amide bonds. The SMILES string of the molecule is O=C(O)C(Cc1cccs1)C1CCCC1. The molecule has 1 saturated carbocycles. The average Bonchev–Trinajstić information content (AvgIpc) is 2.87. The van der Waals surface area contributed by atoms with Crippen molar-refractivity contribution in [2.45, 2.75) is 32.1 Å². The average molecular weight is 224 g/mol. The molecule has 1 aromatic heterocycles. The second-order valence-corrected chi connectivity index (χ2v) is 5.31. The van der Waals surface area contributed by atoms with E-state index in [0.717, 1.165) is 19.3 Å². The first-order chi connectivity index (χ1) is 7.27. The van der Waals surface area contributed by atoms with Crippen molar-refractivity contribution in [2.75, 3.05) is 0 Å². The molecule has 1 atom stereocenters. The molecule has 0 spiro atoms. The third kappa shape index (κ3) is 2.59. The van der Waals surface area contributed by atoms with Crippen LogP contribution >= 0.6 is 11.3 Å². The molecule has 0 aliphatic heterocycles. The molecule has 15 heavy (non-hydrogen) atoms. The van der Waals surface area contributed by atoms with Crippen molar-refractivity contribution in [1.29, 1.82) is 0 Å².